The van der Waals surface area contributed by atoms with Crippen LogP contribution in [-0.4, -0.2) is 25.8 Å². The van der Waals surface area contributed by atoms with Crippen molar-refractivity contribution >= 4 is 39.6 Å². The number of aromatic nitrogens is 3. The van der Waals surface area contributed by atoms with Crippen molar-refractivity contribution in [3.05, 3.63) is 58.8 Å². The van der Waals surface area contributed by atoms with E-state index >= 15 is 0 Å². The number of benzene rings is 1. The Kier molecular flexibility index (Phi) is 4.20. The number of rotatable bonds is 4. The third-order valence-electron chi connectivity index (χ3n) is 4.93. The first kappa shape index (κ1) is 17.1. The molecule has 0 radical (unpaired) electrons. The van der Waals surface area contributed by atoms with Gasteiger partial charge in [0.1, 0.15) is 23.3 Å². The number of para-hydroxylation sites is 1. The van der Waals surface area contributed by atoms with Gasteiger partial charge in [0.15, 0.2) is 5.16 Å². The van der Waals surface area contributed by atoms with Crippen LogP contribution in [0, 0.1) is 0 Å². The highest BCUT2D eigenvalue weighted by Crippen LogP contribution is 2.29. The Labute approximate surface area is 164 Å². The molecule has 0 spiro atoms. The predicted octanol–water partition coefficient (Wildman–Crippen LogP) is 2.76. The molecular weight excluding hydrogens is 376 g/mol. The zero-order valence-corrected chi connectivity index (χ0v) is 15.9. The van der Waals surface area contributed by atoms with Crippen LogP contribution in [0.3, 0.4) is 0 Å². The molecule has 0 saturated heterocycles. The summed E-state index contributed by atoms with van der Waals surface area (Å²) in [6, 6.07) is 11.3. The summed E-state index contributed by atoms with van der Waals surface area (Å²) in [4.78, 5) is 30.6. The number of furan rings is 1. The molecule has 0 saturated carbocycles. The van der Waals surface area contributed by atoms with Crippen molar-refractivity contribution in [1.82, 2.24) is 19.4 Å². The number of carbonyl (C=O) groups excluding carboxylic acids is 1. The Balaban J connectivity index is 1.60. The van der Waals surface area contributed by atoms with Crippen LogP contribution in [0.4, 0.5) is 0 Å². The molecule has 0 unspecified atom stereocenters. The Morgan fingerprint density at radius 1 is 1.25 bits per heavy atom. The van der Waals surface area contributed by atoms with E-state index in [1.807, 2.05) is 24.3 Å². The van der Waals surface area contributed by atoms with Crippen LogP contribution in [0.5, 0.6) is 0 Å². The highest BCUT2D eigenvalue weighted by atomic mass is 32.2. The Morgan fingerprint density at radius 3 is 3.00 bits per heavy atom. The number of carbonyl (C=O) groups is 1. The van der Waals surface area contributed by atoms with E-state index in [0.717, 1.165) is 28.2 Å². The van der Waals surface area contributed by atoms with Gasteiger partial charge in [-0.15, -0.1) is 0 Å². The molecule has 0 bridgehead atoms. The lowest BCUT2D eigenvalue weighted by Gasteiger charge is -2.16. The van der Waals surface area contributed by atoms with Gasteiger partial charge in [-0.25, -0.2) is 4.98 Å². The SMILES string of the molecule is O=C(Cn1c2ccccc2c2nc3n(c(=O)c21)CCCS3)NCc1ccco1. The average Bonchev–Trinajstić information content (AvgIpc) is 3.34. The average molecular weight is 394 g/mol. The summed E-state index contributed by atoms with van der Waals surface area (Å²) in [5.41, 5.74) is 1.91. The Morgan fingerprint density at radius 2 is 2.14 bits per heavy atom. The summed E-state index contributed by atoms with van der Waals surface area (Å²) in [6.45, 7) is 1.02. The van der Waals surface area contributed by atoms with Gasteiger partial charge in [-0.2, -0.15) is 0 Å². The van der Waals surface area contributed by atoms with Crippen LogP contribution in [-0.2, 0) is 24.4 Å². The molecule has 5 rings (SSSR count). The second-order valence-electron chi connectivity index (χ2n) is 6.71. The van der Waals surface area contributed by atoms with Crippen molar-refractivity contribution in [2.45, 2.75) is 31.2 Å². The van der Waals surface area contributed by atoms with Crippen molar-refractivity contribution in [2.75, 3.05) is 5.75 Å². The van der Waals surface area contributed by atoms with Crippen LogP contribution in [0.25, 0.3) is 21.9 Å². The van der Waals surface area contributed by atoms with Gasteiger partial charge in [0, 0.05) is 17.7 Å². The summed E-state index contributed by atoms with van der Waals surface area (Å²) >= 11 is 1.61. The lowest BCUT2D eigenvalue weighted by atomic mass is 10.2. The smallest absolute Gasteiger partial charge is 0.278 e. The number of fused-ring (bicyclic) bond motifs is 4. The highest BCUT2D eigenvalue weighted by molar-refractivity contribution is 7.99. The van der Waals surface area contributed by atoms with E-state index in [1.54, 1.807) is 39.3 Å². The lowest BCUT2D eigenvalue weighted by molar-refractivity contribution is -0.121. The lowest BCUT2D eigenvalue weighted by Crippen LogP contribution is -2.30. The zero-order valence-electron chi connectivity index (χ0n) is 15.1. The zero-order chi connectivity index (χ0) is 19.1. The van der Waals surface area contributed by atoms with Gasteiger partial charge in [0.25, 0.3) is 5.56 Å². The van der Waals surface area contributed by atoms with Crippen molar-refractivity contribution < 1.29 is 9.21 Å². The maximum atomic E-state index is 13.2. The number of thioether (sulfide) groups is 1. The Bertz CT molecular complexity index is 1240. The molecule has 0 aliphatic carbocycles. The fourth-order valence-electron chi connectivity index (χ4n) is 3.64. The number of hydrogen-bond acceptors (Lipinski definition) is 5. The number of nitrogens with one attached hydrogen (secondary N) is 1. The van der Waals surface area contributed by atoms with Crippen molar-refractivity contribution in [3.8, 4) is 0 Å². The monoisotopic (exact) mass is 394 g/mol. The van der Waals surface area contributed by atoms with Gasteiger partial charge in [-0.05, 0) is 24.6 Å². The molecule has 1 aromatic carbocycles. The quantitative estimate of drug-likeness (QED) is 0.538. The van der Waals surface area contributed by atoms with Gasteiger partial charge in [0.05, 0.1) is 18.3 Å². The largest absolute Gasteiger partial charge is 0.467 e. The first-order valence-electron chi connectivity index (χ1n) is 9.16. The minimum Gasteiger partial charge on any atom is -0.467 e. The first-order valence-corrected chi connectivity index (χ1v) is 10.1. The summed E-state index contributed by atoms with van der Waals surface area (Å²) in [5, 5.41) is 4.50. The molecular formula is C20H18N4O3S. The fourth-order valence-corrected chi connectivity index (χ4v) is 4.58. The van der Waals surface area contributed by atoms with Gasteiger partial charge < -0.3 is 14.3 Å². The van der Waals surface area contributed by atoms with Crippen LogP contribution < -0.4 is 10.9 Å². The molecule has 3 aromatic heterocycles. The second-order valence-corrected chi connectivity index (χ2v) is 7.77. The molecule has 142 valence electrons. The van der Waals surface area contributed by atoms with Gasteiger partial charge in [-0.3, -0.25) is 14.2 Å². The standard InChI is InChI=1S/C20H18N4O3S/c25-16(21-11-13-5-3-9-27-13)12-24-15-7-2-1-6-14(15)17-18(24)19(26)23-8-4-10-28-20(23)22-17/h1-3,5-7,9H,4,8,10-12H2,(H,21,25). The molecule has 1 amide bonds. The second kappa shape index (κ2) is 6.87. The molecule has 0 fully saturated rings. The molecule has 28 heavy (non-hydrogen) atoms. The fraction of sp³-hybridized carbons (Fsp3) is 0.250. The summed E-state index contributed by atoms with van der Waals surface area (Å²) < 4.78 is 8.76. The molecule has 1 aliphatic heterocycles. The van der Waals surface area contributed by atoms with E-state index in [9.17, 15) is 9.59 Å². The van der Waals surface area contributed by atoms with Gasteiger partial charge >= 0.3 is 0 Å². The summed E-state index contributed by atoms with van der Waals surface area (Å²) in [5.74, 6) is 1.46. The van der Waals surface area contributed by atoms with Gasteiger partial charge in [0.2, 0.25) is 5.91 Å². The normalized spacial score (nSPS) is 13.7. The van der Waals surface area contributed by atoms with Crippen LogP contribution in [0.1, 0.15) is 12.2 Å². The molecule has 8 heteroatoms. The molecule has 1 aliphatic rings. The first-order chi connectivity index (χ1) is 13.7. The summed E-state index contributed by atoms with van der Waals surface area (Å²) in [7, 11) is 0. The molecule has 4 aromatic rings. The molecule has 1 N–H and O–H groups in total. The van der Waals surface area contributed by atoms with Crippen LogP contribution in [0.15, 0.2) is 57.0 Å². The van der Waals surface area contributed by atoms with Gasteiger partial charge in [-0.1, -0.05) is 30.0 Å². The van der Waals surface area contributed by atoms with Crippen LogP contribution in [0.2, 0.25) is 0 Å². The maximum Gasteiger partial charge on any atom is 0.278 e. The highest BCUT2D eigenvalue weighted by Gasteiger charge is 2.22. The van der Waals surface area contributed by atoms with E-state index in [-0.39, 0.29) is 18.0 Å². The minimum absolute atomic E-state index is 0.0497. The minimum atomic E-state index is -0.185. The third-order valence-corrected chi connectivity index (χ3v) is 5.99. The summed E-state index contributed by atoms with van der Waals surface area (Å²) in [6.07, 6.45) is 2.51. The number of nitrogens with zero attached hydrogens (tertiary/aromatic N) is 3. The van der Waals surface area contributed by atoms with E-state index in [4.69, 9.17) is 9.40 Å². The molecule has 4 heterocycles. The number of hydrogen-bond donors (Lipinski definition) is 1. The Hall–Kier alpha value is -3.00. The molecule has 0 atom stereocenters. The van der Waals surface area contributed by atoms with Crippen molar-refractivity contribution in [2.24, 2.45) is 0 Å². The van der Waals surface area contributed by atoms with E-state index < -0.39 is 0 Å². The van der Waals surface area contributed by atoms with Crippen molar-refractivity contribution in [3.63, 3.8) is 0 Å². The molecule has 7 nitrogen and oxygen atoms in total. The topological polar surface area (TPSA) is 82.1 Å². The van der Waals surface area contributed by atoms with Crippen LogP contribution >= 0.6 is 11.8 Å². The van der Waals surface area contributed by atoms with E-state index in [1.165, 1.54) is 0 Å². The number of amides is 1. The maximum absolute atomic E-state index is 13.2. The van der Waals surface area contributed by atoms with E-state index in [2.05, 4.69) is 5.32 Å². The predicted molar refractivity (Wildman–Crippen MR) is 107 cm³/mol. The van der Waals surface area contributed by atoms with Crippen molar-refractivity contribution in [1.29, 1.82) is 0 Å². The third kappa shape index (κ3) is 2.80. The van der Waals surface area contributed by atoms with E-state index in [0.29, 0.717) is 29.9 Å².